The molecule has 1 heterocycles. The van der Waals surface area contributed by atoms with Crippen LogP contribution in [0, 0.1) is 5.92 Å². The summed E-state index contributed by atoms with van der Waals surface area (Å²) in [5.74, 6) is -0.848. The summed E-state index contributed by atoms with van der Waals surface area (Å²) < 4.78 is 2.04. The van der Waals surface area contributed by atoms with E-state index in [1.54, 1.807) is 0 Å². The quantitative estimate of drug-likeness (QED) is 0.783. The average molecular weight is 193 g/mol. The summed E-state index contributed by atoms with van der Waals surface area (Å²) in [4.78, 5) is 11.0. The van der Waals surface area contributed by atoms with Gasteiger partial charge in [-0.05, 0) is 25.0 Å². The molecule has 1 N–H and O–H groups in total. The summed E-state index contributed by atoms with van der Waals surface area (Å²) in [6.45, 7) is 0. The first kappa shape index (κ1) is 9.31. The minimum atomic E-state index is -0.650. The highest BCUT2D eigenvalue weighted by Crippen LogP contribution is 2.33. The van der Waals surface area contributed by atoms with Crippen LogP contribution in [-0.4, -0.2) is 15.6 Å². The smallest absolute Gasteiger partial charge is 0.308 e. The Morgan fingerprint density at radius 3 is 2.50 bits per heavy atom. The molecule has 3 nitrogen and oxygen atoms in total. The van der Waals surface area contributed by atoms with Gasteiger partial charge in [-0.25, -0.2) is 0 Å². The number of carboxylic acid groups (broad SMARTS) is 1. The number of carboxylic acids is 1. The van der Waals surface area contributed by atoms with Gasteiger partial charge in [0, 0.05) is 18.4 Å². The lowest BCUT2D eigenvalue weighted by molar-refractivity contribution is -0.144. The third kappa shape index (κ3) is 1.67. The fourth-order valence-corrected chi connectivity index (χ4v) is 2.33. The molecule has 1 aliphatic carbocycles. The lowest BCUT2D eigenvalue weighted by Gasteiger charge is -2.29. The summed E-state index contributed by atoms with van der Waals surface area (Å²) in [6, 6.07) is 4.07. The minimum Gasteiger partial charge on any atom is -0.481 e. The van der Waals surface area contributed by atoms with Crippen LogP contribution in [0.15, 0.2) is 24.5 Å². The van der Waals surface area contributed by atoms with Crippen molar-refractivity contribution < 1.29 is 9.90 Å². The Morgan fingerprint density at radius 1 is 1.21 bits per heavy atom. The van der Waals surface area contributed by atoms with Gasteiger partial charge in [-0.1, -0.05) is 12.8 Å². The SMILES string of the molecule is O=C(O)C1CCCCC1n1cccc1. The van der Waals surface area contributed by atoms with Crippen molar-refractivity contribution in [1.29, 1.82) is 0 Å². The first-order valence-electron chi connectivity index (χ1n) is 5.14. The highest BCUT2D eigenvalue weighted by Gasteiger charge is 2.31. The van der Waals surface area contributed by atoms with Crippen molar-refractivity contribution in [2.24, 2.45) is 5.92 Å². The molecule has 0 radical (unpaired) electrons. The third-order valence-corrected chi connectivity index (χ3v) is 3.06. The van der Waals surface area contributed by atoms with Crippen molar-refractivity contribution in [3.05, 3.63) is 24.5 Å². The predicted octanol–water partition coefficient (Wildman–Crippen LogP) is 2.30. The molecule has 2 atom stereocenters. The second kappa shape index (κ2) is 3.86. The number of aromatic nitrogens is 1. The van der Waals surface area contributed by atoms with E-state index >= 15 is 0 Å². The predicted molar refractivity (Wildman–Crippen MR) is 53.1 cm³/mol. The fourth-order valence-electron chi connectivity index (χ4n) is 2.33. The lowest BCUT2D eigenvalue weighted by atomic mass is 9.84. The second-order valence-corrected chi connectivity index (χ2v) is 3.93. The molecular formula is C11H15NO2. The zero-order valence-corrected chi connectivity index (χ0v) is 8.10. The topological polar surface area (TPSA) is 42.2 Å². The molecule has 0 aliphatic heterocycles. The van der Waals surface area contributed by atoms with E-state index in [9.17, 15) is 4.79 Å². The zero-order valence-electron chi connectivity index (χ0n) is 8.10. The highest BCUT2D eigenvalue weighted by molar-refractivity contribution is 5.70. The van der Waals surface area contributed by atoms with Crippen molar-refractivity contribution in [2.45, 2.75) is 31.7 Å². The number of rotatable bonds is 2. The van der Waals surface area contributed by atoms with Gasteiger partial charge in [0.15, 0.2) is 0 Å². The van der Waals surface area contributed by atoms with Crippen molar-refractivity contribution in [1.82, 2.24) is 4.57 Å². The summed E-state index contributed by atoms with van der Waals surface area (Å²) >= 11 is 0. The molecule has 1 aromatic rings. The maximum atomic E-state index is 11.0. The van der Waals surface area contributed by atoms with Gasteiger partial charge >= 0.3 is 5.97 Å². The molecular weight excluding hydrogens is 178 g/mol. The van der Waals surface area contributed by atoms with Crippen LogP contribution in [-0.2, 0) is 4.79 Å². The largest absolute Gasteiger partial charge is 0.481 e. The Balaban J connectivity index is 2.18. The molecule has 1 aromatic heterocycles. The Morgan fingerprint density at radius 2 is 1.86 bits per heavy atom. The summed E-state index contributed by atoms with van der Waals surface area (Å²) in [5.41, 5.74) is 0. The number of hydrogen-bond acceptors (Lipinski definition) is 1. The van der Waals surface area contributed by atoms with E-state index in [0.29, 0.717) is 0 Å². The van der Waals surface area contributed by atoms with Crippen molar-refractivity contribution in [3.63, 3.8) is 0 Å². The Hall–Kier alpha value is -1.25. The van der Waals surface area contributed by atoms with Crippen LogP contribution in [0.1, 0.15) is 31.7 Å². The van der Waals surface area contributed by atoms with Gasteiger partial charge in [-0.2, -0.15) is 0 Å². The molecule has 14 heavy (non-hydrogen) atoms. The van der Waals surface area contributed by atoms with E-state index in [0.717, 1.165) is 25.7 Å². The molecule has 3 heteroatoms. The van der Waals surface area contributed by atoms with Gasteiger partial charge in [0.1, 0.15) is 0 Å². The second-order valence-electron chi connectivity index (χ2n) is 3.93. The maximum Gasteiger partial charge on any atom is 0.308 e. The molecule has 0 amide bonds. The van der Waals surface area contributed by atoms with Gasteiger partial charge < -0.3 is 9.67 Å². The lowest BCUT2D eigenvalue weighted by Crippen LogP contribution is -2.28. The van der Waals surface area contributed by atoms with E-state index in [1.807, 2.05) is 29.1 Å². The van der Waals surface area contributed by atoms with Gasteiger partial charge in [0.2, 0.25) is 0 Å². The molecule has 2 rings (SSSR count). The van der Waals surface area contributed by atoms with Crippen LogP contribution < -0.4 is 0 Å². The van der Waals surface area contributed by atoms with Crippen LogP contribution in [0.25, 0.3) is 0 Å². The summed E-state index contributed by atoms with van der Waals surface area (Å²) in [5, 5.41) is 9.09. The van der Waals surface area contributed by atoms with Crippen LogP contribution in [0.2, 0.25) is 0 Å². The van der Waals surface area contributed by atoms with Crippen LogP contribution >= 0.6 is 0 Å². The van der Waals surface area contributed by atoms with E-state index in [1.165, 1.54) is 0 Å². The van der Waals surface area contributed by atoms with E-state index in [2.05, 4.69) is 0 Å². The standard InChI is InChI=1S/C11H15NO2/c13-11(14)9-5-1-2-6-10(9)12-7-3-4-8-12/h3-4,7-10H,1-2,5-6H2,(H,13,14). The average Bonchev–Trinajstić information content (AvgIpc) is 2.70. The van der Waals surface area contributed by atoms with E-state index in [-0.39, 0.29) is 12.0 Å². The molecule has 0 aromatic carbocycles. The molecule has 1 fully saturated rings. The van der Waals surface area contributed by atoms with Crippen molar-refractivity contribution >= 4 is 5.97 Å². The van der Waals surface area contributed by atoms with Gasteiger partial charge in [-0.15, -0.1) is 0 Å². The maximum absolute atomic E-state index is 11.0. The molecule has 0 saturated heterocycles. The first-order chi connectivity index (χ1) is 6.79. The van der Waals surface area contributed by atoms with E-state index < -0.39 is 5.97 Å². The zero-order chi connectivity index (χ0) is 9.97. The number of aliphatic carboxylic acids is 1. The number of carbonyl (C=O) groups is 1. The molecule has 1 aliphatic rings. The van der Waals surface area contributed by atoms with E-state index in [4.69, 9.17) is 5.11 Å². The first-order valence-corrected chi connectivity index (χ1v) is 5.14. The van der Waals surface area contributed by atoms with Crippen molar-refractivity contribution in [3.8, 4) is 0 Å². The molecule has 2 unspecified atom stereocenters. The summed E-state index contributed by atoms with van der Waals surface area (Å²) in [6.07, 6.45) is 7.93. The molecule has 1 saturated carbocycles. The van der Waals surface area contributed by atoms with Gasteiger partial charge in [0.25, 0.3) is 0 Å². The molecule has 0 spiro atoms. The van der Waals surface area contributed by atoms with Crippen LogP contribution in [0.3, 0.4) is 0 Å². The fraction of sp³-hybridized carbons (Fsp3) is 0.545. The Labute approximate surface area is 83.4 Å². The van der Waals surface area contributed by atoms with Gasteiger partial charge in [-0.3, -0.25) is 4.79 Å². The summed E-state index contributed by atoms with van der Waals surface area (Å²) in [7, 11) is 0. The Bertz CT molecular complexity index is 305. The third-order valence-electron chi connectivity index (χ3n) is 3.06. The van der Waals surface area contributed by atoms with Gasteiger partial charge in [0.05, 0.1) is 5.92 Å². The number of nitrogens with zero attached hydrogens (tertiary/aromatic N) is 1. The monoisotopic (exact) mass is 193 g/mol. The van der Waals surface area contributed by atoms with Crippen LogP contribution in [0.4, 0.5) is 0 Å². The minimum absolute atomic E-state index is 0.163. The van der Waals surface area contributed by atoms with Crippen molar-refractivity contribution in [2.75, 3.05) is 0 Å². The number of hydrogen-bond donors (Lipinski definition) is 1. The highest BCUT2D eigenvalue weighted by atomic mass is 16.4. The normalized spacial score (nSPS) is 27.4. The Kier molecular flexibility index (Phi) is 2.57. The van der Waals surface area contributed by atoms with Crippen LogP contribution in [0.5, 0.6) is 0 Å². The molecule has 76 valence electrons. The molecule has 0 bridgehead atoms.